The Labute approximate surface area is 187 Å². The summed E-state index contributed by atoms with van der Waals surface area (Å²) in [6.07, 6.45) is 1.70. The number of carboxylic acid groups (broad SMARTS) is 1. The quantitative estimate of drug-likeness (QED) is 0.480. The molecule has 0 amide bonds. The Balaban J connectivity index is 1.92. The number of ether oxygens (including phenoxy) is 2. The van der Waals surface area contributed by atoms with Crippen molar-refractivity contribution >= 4 is 21.9 Å². The summed E-state index contributed by atoms with van der Waals surface area (Å²) in [4.78, 5) is 11.1. The van der Waals surface area contributed by atoms with Crippen molar-refractivity contribution in [2.45, 2.75) is 51.7 Å². The van der Waals surface area contributed by atoms with Crippen LogP contribution in [0.3, 0.4) is 0 Å². The van der Waals surface area contributed by atoms with Gasteiger partial charge in [-0.3, -0.25) is 0 Å². The molecule has 0 saturated carbocycles. The molecule has 2 aromatic carbocycles. The van der Waals surface area contributed by atoms with Crippen LogP contribution in [0.25, 0.3) is 0 Å². The van der Waals surface area contributed by atoms with E-state index in [1.807, 2.05) is 25.1 Å². The first-order valence-corrected chi connectivity index (χ1v) is 11.1. The van der Waals surface area contributed by atoms with E-state index in [-0.39, 0.29) is 24.0 Å². The first kappa shape index (κ1) is 22.6. The van der Waals surface area contributed by atoms with Crippen molar-refractivity contribution in [2.24, 2.45) is 5.92 Å². The molecule has 1 aliphatic heterocycles. The van der Waals surface area contributed by atoms with Crippen LogP contribution in [0.15, 0.2) is 59.1 Å². The number of carboxylic acids is 1. The van der Waals surface area contributed by atoms with Gasteiger partial charge in [0.15, 0.2) is 6.61 Å². The molecule has 1 heterocycles. The first-order valence-electron chi connectivity index (χ1n) is 10.3. The van der Waals surface area contributed by atoms with Gasteiger partial charge in [0.1, 0.15) is 5.75 Å². The molecule has 3 rings (SSSR count). The fourth-order valence-corrected chi connectivity index (χ4v) is 4.70. The summed E-state index contributed by atoms with van der Waals surface area (Å²) in [6.45, 7) is 10.1. The molecule has 5 heteroatoms. The van der Waals surface area contributed by atoms with E-state index in [2.05, 4.69) is 60.6 Å². The van der Waals surface area contributed by atoms with Gasteiger partial charge in [0.25, 0.3) is 0 Å². The second kappa shape index (κ2) is 9.80. The van der Waals surface area contributed by atoms with E-state index in [0.29, 0.717) is 5.75 Å². The fourth-order valence-electron chi connectivity index (χ4n) is 4.20. The standard InChI is InChI=1S/C25H29BrO4/c1-5-17-9-11-18(12-10-17)21-13-20(15(2)3)24(30-16(21)4)19-7-6-8-22(26)25(19)29-14-23(27)28/h6-12,16,20-21,24H,2,5,13-14H2,1,3-4H3,(H,27,28)/t16-,20+,21-,24+/m0/s1. The maximum Gasteiger partial charge on any atom is 0.341 e. The van der Waals surface area contributed by atoms with Crippen molar-refractivity contribution in [3.63, 3.8) is 0 Å². The molecule has 4 atom stereocenters. The smallest absolute Gasteiger partial charge is 0.341 e. The van der Waals surface area contributed by atoms with Crippen molar-refractivity contribution in [3.05, 3.63) is 75.8 Å². The zero-order chi connectivity index (χ0) is 21.8. The molecule has 2 aromatic rings. The highest BCUT2D eigenvalue weighted by molar-refractivity contribution is 9.10. The van der Waals surface area contributed by atoms with Crippen LogP contribution in [-0.4, -0.2) is 23.8 Å². The van der Waals surface area contributed by atoms with Gasteiger partial charge in [0.05, 0.1) is 16.7 Å². The van der Waals surface area contributed by atoms with Gasteiger partial charge in [0, 0.05) is 17.4 Å². The number of aryl methyl sites for hydroxylation is 1. The third kappa shape index (κ3) is 4.96. The Morgan fingerprint density at radius 2 is 1.97 bits per heavy atom. The number of hydrogen-bond acceptors (Lipinski definition) is 3. The molecule has 160 valence electrons. The van der Waals surface area contributed by atoms with Crippen LogP contribution in [0.5, 0.6) is 5.75 Å². The van der Waals surface area contributed by atoms with Crippen LogP contribution in [0.2, 0.25) is 0 Å². The molecule has 0 bridgehead atoms. The lowest BCUT2D eigenvalue weighted by atomic mass is 9.76. The van der Waals surface area contributed by atoms with Crippen molar-refractivity contribution in [1.29, 1.82) is 0 Å². The van der Waals surface area contributed by atoms with Crippen LogP contribution >= 0.6 is 15.9 Å². The van der Waals surface area contributed by atoms with Gasteiger partial charge in [-0.05, 0) is 59.8 Å². The number of rotatable bonds is 7. The fraction of sp³-hybridized carbons (Fsp3) is 0.400. The Morgan fingerprint density at radius 1 is 1.27 bits per heavy atom. The SMILES string of the molecule is C=C(C)[C@H]1C[C@H](c2ccc(CC)cc2)[C@H](C)O[C@@H]1c1cccc(Br)c1OCC(=O)O. The summed E-state index contributed by atoms with van der Waals surface area (Å²) in [5.41, 5.74) is 4.50. The summed E-state index contributed by atoms with van der Waals surface area (Å²) in [5, 5.41) is 9.06. The molecule has 1 N–H and O–H groups in total. The minimum Gasteiger partial charge on any atom is -0.480 e. The number of carbonyl (C=O) groups is 1. The predicted octanol–water partition coefficient (Wildman–Crippen LogP) is 6.30. The maximum absolute atomic E-state index is 11.1. The van der Waals surface area contributed by atoms with Gasteiger partial charge in [-0.25, -0.2) is 4.79 Å². The molecule has 0 aromatic heterocycles. The Morgan fingerprint density at radius 3 is 2.57 bits per heavy atom. The molecule has 1 fully saturated rings. The number of benzene rings is 2. The normalized spacial score (nSPS) is 23.7. The first-order chi connectivity index (χ1) is 14.3. The Bertz CT molecular complexity index is 906. The number of aliphatic carboxylic acids is 1. The van der Waals surface area contributed by atoms with E-state index in [1.54, 1.807) is 0 Å². The highest BCUT2D eigenvalue weighted by atomic mass is 79.9. The lowest BCUT2D eigenvalue weighted by molar-refractivity contribution is -0.139. The van der Waals surface area contributed by atoms with Crippen LogP contribution in [-0.2, 0) is 16.0 Å². The highest BCUT2D eigenvalue weighted by Crippen LogP contribution is 2.49. The average Bonchev–Trinajstić information content (AvgIpc) is 2.72. The summed E-state index contributed by atoms with van der Waals surface area (Å²) >= 11 is 3.50. The van der Waals surface area contributed by atoms with Gasteiger partial charge in [-0.15, -0.1) is 0 Å². The van der Waals surface area contributed by atoms with E-state index in [1.165, 1.54) is 11.1 Å². The van der Waals surface area contributed by atoms with Crippen LogP contribution < -0.4 is 4.74 Å². The summed E-state index contributed by atoms with van der Waals surface area (Å²) in [6, 6.07) is 14.5. The maximum atomic E-state index is 11.1. The average molecular weight is 473 g/mol. The Kier molecular flexibility index (Phi) is 7.37. The summed E-state index contributed by atoms with van der Waals surface area (Å²) < 4.78 is 12.9. The molecule has 0 unspecified atom stereocenters. The van der Waals surface area contributed by atoms with Crippen LogP contribution in [0, 0.1) is 5.92 Å². The summed E-state index contributed by atoms with van der Waals surface area (Å²) in [5.74, 6) is -0.126. The second-order valence-electron chi connectivity index (χ2n) is 7.99. The lowest BCUT2D eigenvalue weighted by Gasteiger charge is -2.42. The molecule has 4 nitrogen and oxygen atoms in total. The van der Waals surface area contributed by atoms with Gasteiger partial charge < -0.3 is 14.6 Å². The molecule has 0 aliphatic carbocycles. The van der Waals surface area contributed by atoms with E-state index >= 15 is 0 Å². The van der Waals surface area contributed by atoms with E-state index in [4.69, 9.17) is 14.6 Å². The molecular formula is C25H29BrO4. The molecule has 30 heavy (non-hydrogen) atoms. The zero-order valence-corrected chi connectivity index (χ0v) is 19.3. The molecule has 0 radical (unpaired) electrons. The number of halogens is 1. The second-order valence-corrected chi connectivity index (χ2v) is 8.85. The van der Waals surface area contributed by atoms with Gasteiger partial charge in [0.2, 0.25) is 0 Å². The minimum absolute atomic E-state index is 0.00406. The number of hydrogen-bond donors (Lipinski definition) is 1. The molecule has 0 spiro atoms. The van der Waals surface area contributed by atoms with Crippen molar-refractivity contribution in [1.82, 2.24) is 0 Å². The third-order valence-electron chi connectivity index (χ3n) is 5.89. The monoisotopic (exact) mass is 472 g/mol. The molecule has 1 aliphatic rings. The van der Waals surface area contributed by atoms with Gasteiger partial charge >= 0.3 is 5.97 Å². The topological polar surface area (TPSA) is 55.8 Å². The number of para-hydroxylation sites is 1. The van der Waals surface area contributed by atoms with Crippen molar-refractivity contribution in [2.75, 3.05) is 6.61 Å². The minimum atomic E-state index is -1.01. The highest BCUT2D eigenvalue weighted by Gasteiger charge is 2.39. The zero-order valence-electron chi connectivity index (χ0n) is 17.7. The van der Waals surface area contributed by atoms with Crippen molar-refractivity contribution < 1.29 is 19.4 Å². The largest absolute Gasteiger partial charge is 0.480 e. The third-order valence-corrected chi connectivity index (χ3v) is 6.52. The van der Waals surface area contributed by atoms with E-state index < -0.39 is 12.6 Å². The van der Waals surface area contributed by atoms with Crippen LogP contribution in [0.4, 0.5) is 0 Å². The molecule has 1 saturated heterocycles. The van der Waals surface area contributed by atoms with Gasteiger partial charge in [-0.2, -0.15) is 0 Å². The van der Waals surface area contributed by atoms with Crippen LogP contribution in [0.1, 0.15) is 55.9 Å². The summed E-state index contributed by atoms with van der Waals surface area (Å²) in [7, 11) is 0. The van der Waals surface area contributed by atoms with Gasteiger partial charge in [-0.1, -0.05) is 55.5 Å². The Hall–Kier alpha value is -2.11. The van der Waals surface area contributed by atoms with E-state index in [9.17, 15) is 4.79 Å². The predicted molar refractivity (Wildman–Crippen MR) is 122 cm³/mol. The molecular weight excluding hydrogens is 444 g/mol. The lowest BCUT2D eigenvalue weighted by Crippen LogP contribution is -2.34. The van der Waals surface area contributed by atoms with Crippen molar-refractivity contribution in [3.8, 4) is 5.75 Å². The van der Waals surface area contributed by atoms with E-state index in [0.717, 1.165) is 28.5 Å².